The van der Waals surface area contributed by atoms with E-state index < -0.39 is 5.97 Å². The number of methoxy groups -OCH3 is 1. The molecule has 0 aliphatic carbocycles. The summed E-state index contributed by atoms with van der Waals surface area (Å²) in [6, 6.07) is 26.1. The molecule has 0 unspecified atom stereocenters. The summed E-state index contributed by atoms with van der Waals surface area (Å²) in [4.78, 5) is 16.9. The number of nitrogens with zero attached hydrogens (tertiary/aromatic N) is 2. The molecule has 5 heteroatoms. The standard InChI is InChI=1S/C26H19FN2O2/c1-31-26(30)19-11-14-24-23(15-19)28-25(29(24)16-17-9-12-20(27)13-10-17)22-8-4-6-18-5-2-3-7-21(18)22/h2-15H,16H2,1H3. The number of hydrogen-bond donors (Lipinski definition) is 0. The van der Waals surface area contributed by atoms with Gasteiger partial charge in [-0.1, -0.05) is 54.6 Å². The number of carbonyl (C=O) groups is 1. The van der Waals surface area contributed by atoms with Crippen LogP contribution in [0.3, 0.4) is 0 Å². The average molecular weight is 410 g/mol. The van der Waals surface area contributed by atoms with Crippen molar-refractivity contribution in [2.24, 2.45) is 0 Å². The van der Waals surface area contributed by atoms with Gasteiger partial charge in [-0.25, -0.2) is 14.2 Å². The molecule has 4 nitrogen and oxygen atoms in total. The molecule has 1 heterocycles. The van der Waals surface area contributed by atoms with Gasteiger partial charge in [0.05, 0.1) is 23.7 Å². The SMILES string of the molecule is COC(=O)c1ccc2c(c1)nc(-c1cccc3ccccc13)n2Cc1ccc(F)cc1. The van der Waals surface area contributed by atoms with Gasteiger partial charge in [0.25, 0.3) is 0 Å². The minimum absolute atomic E-state index is 0.267. The molecular weight excluding hydrogens is 391 g/mol. The number of ether oxygens (including phenoxy) is 1. The number of aromatic nitrogens is 2. The number of esters is 1. The number of fused-ring (bicyclic) bond motifs is 2. The van der Waals surface area contributed by atoms with E-state index in [0.717, 1.165) is 33.2 Å². The van der Waals surface area contributed by atoms with Crippen molar-refractivity contribution in [2.75, 3.05) is 7.11 Å². The van der Waals surface area contributed by atoms with Gasteiger partial charge in [0.1, 0.15) is 11.6 Å². The summed E-state index contributed by atoms with van der Waals surface area (Å²) >= 11 is 0. The predicted octanol–water partition coefficient (Wildman–Crippen LogP) is 5.83. The van der Waals surface area contributed by atoms with Gasteiger partial charge in [-0.2, -0.15) is 0 Å². The van der Waals surface area contributed by atoms with Crippen molar-refractivity contribution in [3.8, 4) is 11.4 Å². The molecule has 0 radical (unpaired) electrons. The molecule has 31 heavy (non-hydrogen) atoms. The number of hydrogen-bond acceptors (Lipinski definition) is 3. The normalized spacial score (nSPS) is 11.2. The molecule has 0 amide bonds. The third-order valence-electron chi connectivity index (χ3n) is 5.45. The van der Waals surface area contributed by atoms with Gasteiger partial charge >= 0.3 is 5.97 Å². The second-order valence-corrected chi connectivity index (χ2v) is 7.37. The summed E-state index contributed by atoms with van der Waals surface area (Å²) < 4.78 is 20.4. The Balaban J connectivity index is 1.75. The highest BCUT2D eigenvalue weighted by Crippen LogP contribution is 2.32. The minimum Gasteiger partial charge on any atom is -0.465 e. The maximum atomic E-state index is 13.4. The largest absolute Gasteiger partial charge is 0.465 e. The number of rotatable bonds is 4. The van der Waals surface area contributed by atoms with E-state index in [0.29, 0.717) is 17.6 Å². The fourth-order valence-electron chi connectivity index (χ4n) is 3.93. The van der Waals surface area contributed by atoms with E-state index in [2.05, 4.69) is 22.8 Å². The first kappa shape index (κ1) is 19.0. The van der Waals surface area contributed by atoms with Crippen LogP contribution in [0.1, 0.15) is 15.9 Å². The molecule has 0 aliphatic rings. The lowest BCUT2D eigenvalue weighted by Gasteiger charge is -2.12. The van der Waals surface area contributed by atoms with Crippen LogP contribution in [-0.2, 0) is 11.3 Å². The highest BCUT2D eigenvalue weighted by atomic mass is 19.1. The second kappa shape index (κ2) is 7.69. The first-order valence-corrected chi connectivity index (χ1v) is 9.95. The lowest BCUT2D eigenvalue weighted by molar-refractivity contribution is 0.0601. The Morgan fingerprint density at radius 1 is 0.968 bits per heavy atom. The van der Waals surface area contributed by atoms with E-state index >= 15 is 0 Å². The van der Waals surface area contributed by atoms with Gasteiger partial charge in [0, 0.05) is 12.1 Å². The zero-order chi connectivity index (χ0) is 21.4. The van der Waals surface area contributed by atoms with E-state index in [1.54, 1.807) is 24.3 Å². The third kappa shape index (κ3) is 3.44. The predicted molar refractivity (Wildman–Crippen MR) is 120 cm³/mol. The van der Waals surface area contributed by atoms with Crippen LogP contribution in [-0.4, -0.2) is 22.6 Å². The van der Waals surface area contributed by atoms with Gasteiger partial charge in [0.15, 0.2) is 0 Å². The Labute approximate surface area is 178 Å². The van der Waals surface area contributed by atoms with Crippen molar-refractivity contribution in [3.63, 3.8) is 0 Å². The van der Waals surface area contributed by atoms with E-state index in [9.17, 15) is 9.18 Å². The van der Waals surface area contributed by atoms with Crippen LogP contribution in [0, 0.1) is 5.82 Å². The van der Waals surface area contributed by atoms with Crippen molar-refractivity contribution >= 4 is 27.8 Å². The lowest BCUT2D eigenvalue weighted by Crippen LogP contribution is -2.03. The molecule has 0 fully saturated rings. The van der Waals surface area contributed by atoms with Gasteiger partial charge in [-0.15, -0.1) is 0 Å². The molecule has 152 valence electrons. The first-order valence-electron chi connectivity index (χ1n) is 9.95. The Bertz CT molecular complexity index is 1420. The Hall–Kier alpha value is -3.99. The summed E-state index contributed by atoms with van der Waals surface area (Å²) in [7, 11) is 1.36. The molecule has 0 spiro atoms. The summed E-state index contributed by atoms with van der Waals surface area (Å²) in [5.74, 6) is 0.121. The smallest absolute Gasteiger partial charge is 0.337 e. The second-order valence-electron chi connectivity index (χ2n) is 7.37. The van der Waals surface area contributed by atoms with Crippen molar-refractivity contribution in [3.05, 3.63) is 102 Å². The van der Waals surface area contributed by atoms with E-state index in [-0.39, 0.29) is 5.82 Å². The van der Waals surface area contributed by atoms with E-state index in [4.69, 9.17) is 9.72 Å². The number of halogens is 1. The van der Waals surface area contributed by atoms with Gasteiger partial charge < -0.3 is 9.30 Å². The summed E-state index contributed by atoms with van der Waals surface area (Å²) in [5, 5.41) is 2.21. The molecule has 0 aliphatic heterocycles. The van der Waals surface area contributed by atoms with Crippen LogP contribution in [0.25, 0.3) is 33.2 Å². The maximum Gasteiger partial charge on any atom is 0.337 e. The van der Waals surface area contributed by atoms with Crippen LogP contribution in [0.2, 0.25) is 0 Å². The molecular formula is C26H19FN2O2. The molecule has 0 saturated carbocycles. The summed E-state index contributed by atoms with van der Waals surface area (Å²) in [6.07, 6.45) is 0. The molecule has 0 saturated heterocycles. The number of benzene rings is 4. The topological polar surface area (TPSA) is 44.1 Å². The Morgan fingerprint density at radius 3 is 2.55 bits per heavy atom. The molecule has 4 aromatic carbocycles. The van der Waals surface area contributed by atoms with E-state index in [1.807, 2.05) is 30.3 Å². The van der Waals surface area contributed by atoms with Gasteiger partial charge in [-0.3, -0.25) is 0 Å². The number of carbonyl (C=O) groups excluding carboxylic acids is 1. The maximum absolute atomic E-state index is 13.4. The monoisotopic (exact) mass is 410 g/mol. The van der Waals surface area contributed by atoms with Crippen LogP contribution in [0.5, 0.6) is 0 Å². The minimum atomic E-state index is -0.401. The molecule has 5 aromatic rings. The van der Waals surface area contributed by atoms with Crippen LogP contribution in [0.15, 0.2) is 84.9 Å². The number of imidazole rings is 1. The van der Waals surface area contributed by atoms with Gasteiger partial charge in [0.2, 0.25) is 0 Å². The fourth-order valence-corrected chi connectivity index (χ4v) is 3.93. The zero-order valence-electron chi connectivity index (χ0n) is 16.9. The quantitative estimate of drug-likeness (QED) is 0.350. The summed E-state index contributed by atoms with van der Waals surface area (Å²) in [6.45, 7) is 0.521. The van der Waals surface area contributed by atoms with Crippen molar-refractivity contribution in [1.82, 2.24) is 9.55 Å². The van der Waals surface area contributed by atoms with Crippen molar-refractivity contribution in [2.45, 2.75) is 6.54 Å². The first-order chi connectivity index (χ1) is 15.1. The fraction of sp³-hybridized carbons (Fsp3) is 0.0769. The van der Waals surface area contributed by atoms with Crippen LogP contribution in [0.4, 0.5) is 4.39 Å². The van der Waals surface area contributed by atoms with Crippen LogP contribution >= 0.6 is 0 Å². The molecule has 0 bridgehead atoms. The summed E-state index contributed by atoms with van der Waals surface area (Å²) in [5.41, 5.74) is 3.99. The molecule has 1 aromatic heterocycles. The zero-order valence-corrected chi connectivity index (χ0v) is 16.9. The van der Waals surface area contributed by atoms with E-state index in [1.165, 1.54) is 19.2 Å². The van der Waals surface area contributed by atoms with Crippen molar-refractivity contribution < 1.29 is 13.9 Å². The highest BCUT2D eigenvalue weighted by molar-refractivity contribution is 5.98. The molecule has 0 N–H and O–H groups in total. The third-order valence-corrected chi connectivity index (χ3v) is 5.45. The van der Waals surface area contributed by atoms with Crippen LogP contribution < -0.4 is 0 Å². The van der Waals surface area contributed by atoms with Gasteiger partial charge in [-0.05, 0) is 46.7 Å². The Morgan fingerprint density at radius 2 is 1.74 bits per heavy atom. The molecule has 0 atom stereocenters. The molecule has 5 rings (SSSR count). The highest BCUT2D eigenvalue weighted by Gasteiger charge is 2.17. The van der Waals surface area contributed by atoms with Crippen molar-refractivity contribution in [1.29, 1.82) is 0 Å². The Kier molecular flexibility index (Phi) is 4.71. The lowest BCUT2D eigenvalue weighted by atomic mass is 10.0. The average Bonchev–Trinajstić information content (AvgIpc) is 3.17.